The van der Waals surface area contributed by atoms with Gasteiger partial charge in [-0.3, -0.25) is 9.59 Å². The third-order valence-electron chi connectivity index (χ3n) is 4.58. The van der Waals surface area contributed by atoms with Crippen molar-refractivity contribution in [3.63, 3.8) is 0 Å². The lowest BCUT2D eigenvalue weighted by Crippen LogP contribution is -2.23. The Balaban J connectivity index is 1.59. The Morgan fingerprint density at radius 1 is 1.18 bits per heavy atom. The maximum atomic E-state index is 12.5. The van der Waals surface area contributed by atoms with Crippen molar-refractivity contribution in [2.24, 2.45) is 0 Å². The van der Waals surface area contributed by atoms with Crippen LogP contribution in [0.3, 0.4) is 0 Å². The fourth-order valence-corrected chi connectivity index (χ4v) is 3.59. The number of rotatable bonds is 4. The van der Waals surface area contributed by atoms with Crippen molar-refractivity contribution in [3.8, 4) is 11.1 Å². The van der Waals surface area contributed by atoms with Gasteiger partial charge in [0.2, 0.25) is 5.91 Å². The summed E-state index contributed by atoms with van der Waals surface area (Å²) in [5.74, 6) is -0.00492. The van der Waals surface area contributed by atoms with Crippen molar-refractivity contribution in [3.05, 3.63) is 64.3 Å². The molecular weight excluding hydrogens is 399 g/mol. The van der Waals surface area contributed by atoms with E-state index in [0.29, 0.717) is 21.6 Å². The van der Waals surface area contributed by atoms with Crippen LogP contribution < -0.4 is 10.6 Å². The Labute approximate surface area is 171 Å². The Bertz CT molecular complexity index is 1080. The number of fused-ring (bicyclic) bond motifs is 1. The number of aromatic nitrogens is 2. The molecule has 0 aliphatic carbocycles. The van der Waals surface area contributed by atoms with E-state index in [4.69, 9.17) is 23.2 Å². The molecule has 3 aromatic rings. The standard InChI is InChI=1S/C20H16Cl2N4O2/c1-11-18(12-6-8-13(21)9-7-12)19-24-20(28)16(26(19)25-11)10-17(27)23-15-5-3-2-4-14(15)22/h2-9,16H,10H2,1H3,(H,23,27)(H,24,28). The molecule has 2 heterocycles. The predicted molar refractivity (Wildman–Crippen MR) is 110 cm³/mol. The van der Waals surface area contributed by atoms with Crippen LogP contribution in [0.4, 0.5) is 11.5 Å². The van der Waals surface area contributed by atoms with Gasteiger partial charge in [-0.15, -0.1) is 0 Å². The number of anilines is 2. The first-order valence-electron chi connectivity index (χ1n) is 8.64. The molecule has 6 nitrogen and oxygen atoms in total. The minimum Gasteiger partial charge on any atom is -0.325 e. The quantitative estimate of drug-likeness (QED) is 0.649. The maximum absolute atomic E-state index is 12.5. The molecule has 0 fully saturated rings. The van der Waals surface area contributed by atoms with E-state index in [-0.39, 0.29) is 18.2 Å². The van der Waals surface area contributed by atoms with E-state index in [9.17, 15) is 9.59 Å². The molecule has 0 saturated carbocycles. The zero-order valence-corrected chi connectivity index (χ0v) is 16.4. The summed E-state index contributed by atoms with van der Waals surface area (Å²) in [4.78, 5) is 25.0. The number of nitrogens with one attached hydrogen (secondary N) is 2. The van der Waals surface area contributed by atoms with Crippen LogP contribution >= 0.6 is 23.2 Å². The summed E-state index contributed by atoms with van der Waals surface area (Å²) in [5, 5.41) is 11.2. The highest BCUT2D eigenvalue weighted by molar-refractivity contribution is 6.33. The van der Waals surface area contributed by atoms with Crippen LogP contribution in [0.5, 0.6) is 0 Å². The monoisotopic (exact) mass is 414 g/mol. The number of halogens is 2. The molecule has 28 heavy (non-hydrogen) atoms. The van der Waals surface area contributed by atoms with Gasteiger partial charge in [-0.1, -0.05) is 47.5 Å². The molecule has 0 radical (unpaired) electrons. The second kappa shape index (κ2) is 7.30. The number of carbonyl (C=O) groups excluding carboxylic acids is 2. The van der Waals surface area contributed by atoms with Gasteiger partial charge in [-0.25, -0.2) is 4.68 Å². The van der Waals surface area contributed by atoms with Gasteiger partial charge in [0, 0.05) is 10.6 Å². The highest BCUT2D eigenvalue weighted by Gasteiger charge is 2.36. The van der Waals surface area contributed by atoms with Crippen LogP contribution in [0.25, 0.3) is 11.1 Å². The normalized spacial score (nSPS) is 15.2. The number of aryl methyl sites for hydroxylation is 1. The van der Waals surface area contributed by atoms with Crippen LogP contribution in [-0.2, 0) is 9.59 Å². The molecule has 0 saturated heterocycles. The van der Waals surface area contributed by atoms with E-state index in [2.05, 4.69) is 15.7 Å². The van der Waals surface area contributed by atoms with E-state index in [0.717, 1.165) is 16.8 Å². The molecule has 2 aromatic carbocycles. The Hall–Kier alpha value is -2.83. The van der Waals surface area contributed by atoms with Crippen molar-refractivity contribution >= 4 is 46.5 Å². The van der Waals surface area contributed by atoms with E-state index in [1.54, 1.807) is 41.1 Å². The molecule has 142 valence electrons. The third-order valence-corrected chi connectivity index (χ3v) is 5.17. The lowest BCUT2D eigenvalue weighted by Gasteiger charge is -2.11. The summed E-state index contributed by atoms with van der Waals surface area (Å²) < 4.78 is 1.58. The van der Waals surface area contributed by atoms with Gasteiger partial charge in [0.25, 0.3) is 5.91 Å². The minimum absolute atomic E-state index is 0.0504. The van der Waals surface area contributed by atoms with Crippen LogP contribution in [0.1, 0.15) is 18.2 Å². The van der Waals surface area contributed by atoms with Crippen LogP contribution in [-0.4, -0.2) is 21.6 Å². The van der Waals surface area contributed by atoms with Crippen molar-refractivity contribution in [1.82, 2.24) is 9.78 Å². The number of benzene rings is 2. The lowest BCUT2D eigenvalue weighted by atomic mass is 10.1. The maximum Gasteiger partial charge on any atom is 0.251 e. The van der Waals surface area contributed by atoms with Gasteiger partial charge in [0.05, 0.1) is 22.8 Å². The number of hydrogen-bond donors (Lipinski definition) is 2. The summed E-state index contributed by atoms with van der Waals surface area (Å²) in [7, 11) is 0. The van der Waals surface area contributed by atoms with Crippen LogP contribution in [0.2, 0.25) is 10.0 Å². The molecule has 2 amide bonds. The van der Waals surface area contributed by atoms with Gasteiger partial charge >= 0.3 is 0 Å². The molecule has 0 bridgehead atoms. The van der Waals surface area contributed by atoms with Crippen molar-refractivity contribution < 1.29 is 9.59 Å². The number of amides is 2. The van der Waals surface area contributed by atoms with Crippen LogP contribution in [0.15, 0.2) is 48.5 Å². The Morgan fingerprint density at radius 3 is 2.61 bits per heavy atom. The summed E-state index contributed by atoms with van der Waals surface area (Å²) >= 11 is 12.0. The van der Waals surface area contributed by atoms with Gasteiger partial charge in [-0.2, -0.15) is 5.10 Å². The third kappa shape index (κ3) is 3.37. The molecule has 1 unspecified atom stereocenters. The second-order valence-electron chi connectivity index (χ2n) is 6.50. The van der Waals surface area contributed by atoms with Crippen LogP contribution in [0, 0.1) is 6.92 Å². The smallest absolute Gasteiger partial charge is 0.251 e. The largest absolute Gasteiger partial charge is 0.325 e. The zero-order chi connectivity index (χ0) is 19.8. The molecular formula is C20H16Cl2N4O2. The molecule has 1 aliphatic rings. The first-order chi connectivity index (χ1) is 13.4. The molecule has 2 N–H and O–H groups in total. The summed E-state index contributed by atoms with van der Waals surface area (Å²) in [6.45, 7) is 1.86. The van der Waals surface area contributed by atoms with Crippen molar-refractivity contribution in [2.75, 3.05) is 10.6 Å². The molecule has 0 spiro atoms. The van der Waals surface area contributed by atoms with E-state index in [1.165, 1.54) is 0 Å². The molecule has 1 aromatic heterocycles. The molecule has 8 heteroatoms. The summed E-state index contributed by atoms with van der Waals surface area (Å²) in [6, 6.07) is 13.5. The number of nitrogens with zero attached hydrogens (tertiary/aromatic N) is 2. The molecule has 4 rings (SSSR count). The lowest BCUT2D eigenvalue weighted by molar-refractivity contribution is -0.123. The number of para-hydroxylation sites is 1. The fraction of sp³-hybridized carbons (Fsp3) is 0.150. The van der Waals surface area contributed by atoms with Gasteiger partial charge in [-0.05, 0) is 36.8 Å². The zero-order valence-electron chi connectivity index (χ0n) is 14.9. The minimum atomic E-state index is -0.725. The molecule has 1 aliphatic heterocycles. The first-order valence-corrected chi connectivity index (χ1v) is 9.40. The van der Waals surface area contributed by atoms with E-state index >= 15 is 0 Å². The average Bonchev–Trinajstić information content (AvgIpc) is 3.12. The molecule has 1 atom stereocenters. The van der Waals surface area contributed by atoms with E-state index < -0.39 is 6.04 Å². The number of hydrogen-bond acceptors (Lipinski definition) is 3. The summed E-state index contributed by atoms with van der Waals surface area (Å²) in [6.07, 6.45) is -0.0504. The number of carbonyl (C=O) groups is 2. The summed E-state index contributed by atoms with van der Waals surface area (Å²) in [5.41, 5.74) is 2.98. The van der Waals surface area contributed by atoms with Crippen molar-refractivity contribution in [1.29, 1.82) is 0 Å². The average molecular weight is 415 g/mol. The van der Waals surface area contributed by atoms with E-state index in [1.807, 2.05) is 19.1 Å². The Kier molecular flexibility index (Phi) is 4.83. The van der Waals surface area contributed by atoms with Gasteiger partial charge < -0.3 is 10.6 Å². The van der Waals surface area contributed by atoms with Crippen molar-refractivity contribution in [2.45, 2.75) is 19.4 Å². The van der Waals surface area contributed by atoms with Gasteiger partial charge in [0.1, 0.15) is 11.9 Å². The fourth-order valence-electron chi connectivity index (χ4n) is 3.28. The predicted octanol–water partition coefficient (Wildman–Crippen LogP) is 4.69. The SMILES string of the molecule is Cc1nn2c(c1-c1ccc(Cl)cc1)NC(=O)C2CC(=O)Nc1ccccc1Cl. The highest BCUT2D eigenvalue weighted by atomic mass is 35.5. The van der Waals surface area contributed by atoms with Gasteiger partial charge in [0.15, 0.2) is 0 Å². The first kappa shape index (κ1) is 18.5. The second-order valence-corrected chi connectivity index (χ2v) is 7.34. The Morgan fingerprint density at radius 2 is 1.89 bits per heavy atom. The topological polar surface area (TPSA) is 76.0 Å². The highest BCUT2D eigenvalue weighted by Crippen LogP contribution is 2.38.